The Balaban J connectivity index is 0.942. The van der Waals surface area contributed by atoms with Gasteiger partial charge >= 0.3 is 0 Å². The number of hydrogen-bond donors (Lipinski definition) is 0. The normalized spacial score (nSPS) is 13.5. The molecule has 76 heavy (non-hydrogen) atoms. The molecule has 0 unspecified atom stereocenters. The van der Waals surface area contributed by atoms with Crippen molar-refractivity contribution in [3.63, 3.8) is 0 Å². The lowest BCUT2D eigenvalue weighted by atomic mass is 9.67. The molecule has 2 aliphatic rings. The summed E-state index contributed by atoms with van der Waals surface area (Å²) in [6.45, 7) is 0. The number of fused-ring (bicyclic) bond motifs is 9. The van der Waals surface area contributed by atoms with E-state index in [4.69, 9.17) is 0 Å². The topological polar surface area (TPSA) is 8.17 Å². The average molecular weight is 967 g/mol. The van der Waals surface area contributed by atoms with E-state index >= 15 is 0 Å². The van der Waals surface area contributed by atoms with Gasteiger partial charge < -0.3 is 9.47 Å². The first-order valence-corrected chi connectivity index (χ1v) is 26.4. The Labute approximate surface area is 443 Å². The molecule has 0 spiro atoms. The predicted molar refractivity (Wildman–Crippen MR) is 316 cm³/mol. The molecule has 0 saturated heterocycles. The quantitative estimate of drug-likeness (QED) is 0.140. The van der Waals surface area contributed by atoms with Crippen LogP contribution in [0.5, 0.6) is 0 Å². The number of nitrogens with zero attached hydrogens (tertiary/aromatic N) is 2. The summed E-state index contributed by atoms with van der Waals surface area (Å²) in [7, 11) is 0. The third-order valence-electron chi connectivity index (χ3n) is 16.5. The van der Waals surface area contributed by atoms with Crippen LogP contribution in [0.2, 0.25) is 0 Å². The van der Waals surface area contributed by atoms with Gasteiger partial charge in [0, 0.05) is 33.5 Å². The second-order valence-electron chi connectivity index (χ2n) is 20.3. The van der Waals surface area contributed by atoms with E-state index in [0.717, 1.165) is 22.7 Å². The number of hydrogen-bond acceptors (Lipinski definition) is 1. The molecule has 0 atom stereocenters. The maximum atomic E-state index is 2.48. The van der Waals surface area contributed by atoms with E-state index in [1.807, 2.05) is 0 Å². The van der Waals surface area contributed by atoms with Crippen LogP contribution in [-0.2, 0) is 10.8 Å². The first-order chi connectivity index (χ1) is 37.7. The van der Waals surface area contributed by atoms with Crippen LogP contribution in [-0.4, -0.2) is 4.57 Å². The first-order valence-electron chi connectivity index (χ1n) is 26.4. The van der Waals surface area contributed by atoms with E-state index in [9.17, 15) is 0 Å². The molecule has 1 heterocycles. The standard InChI is InChI=1S/C74H50N2/c1-5-23-52(24-6-1)73(53-25-7-2-8-26-53)67-39-18-14-36-65(67)72-60(37-22-40-68(72)73)51-43-45-56(46-44-51)75(57-31-21-32-58(49-57)76-70-41-19-15-34-63(70)64-35-16-20-42-71(64)76)59-47-48-62-61-33-13-17-38-66(61)74(69(62)50-59,54-27-9-3-10-28-54)55-29-11-4-12-30-55/h1-50H. The second-order valence-corrected chi connectivity index (χ2v) is 20.3. The van der Waals surface area contributed by atoms with Crippen LogP contribution >= 0.6 is 0 Å². The highest BCUT2D eigenvalue weighted by Gasteiger charge is 2.48. The van der Waals surface area contributed by atoms with Crippen LogP contribution in [0.15, 0.2) is 303 Å². The molecular weight excluding hydrogens is 917 g/mol. The third-order valence-corrected chi connectivity index (χ3v) is 16.5. The molecule has 0 aliphatic heterocycles. The number of aromatic nitrogens is 1. The Morgan fingerprint density at radius 1 is 0.263 bits per heavy atom. The molecule has 0 fully saturated rings. The molecule has 2 nitrogen and oxygen atoms in total. The Morgan fingerprint density at radius 2 is 0.684 bits per heavy atom. The molecule has 0 radical (unpaired) electrons. The van der Waals surface area contributed by atoms with Crippen molar-refractivity contribution in [2.24, 2.45) is 0 Å². The molecule has 356 valence electrons. The summed E-state index contributed by atoms with van der Waals surface area (Å²) >= 11 is 0. The Kier molecular flexibility index (Phi) is 10.0. The number of rotatable bonds is 9. The van der Waals surface area contributed by atoms with Crippen LogP contribution in [0.25, 0.3) is 60.9 Å². The number of benzene rings is 12. The molecule has 1 aromatic heterocycles. The maximum absolute atomic E-state index is 2.48. The largest absolute Gasteiger partial charge is 0.310 e. The van der Waals surface area contributed by atoms with E-state index in [1.54, 1.807) is 0 Å². The highest BCUT2D eigenvalue weighted by Crippen LogP contribution is 2.60. The maximum Gasteiger partial charge on any atom is 0.0714 e. The fourth-order valence-electron chi connectivity index (χ4n) is 13.5. The molecule has 2 heteroatoms. The zero-order valence-electron chi connectivity index (χ0n) is 41.8. The molecule has 13 aromatic rings. The van der Waals surface area contributed by atoms with E-state index in [2.05, 4.69) is 313 Å². The van der Waals surface area contributed by atoms with Gasteiger partial charge in [-0.3, -0.25) is 0 Å². The average Bonchev–Trinajstić information content (AvgIpc) is 4.30. The minimum atomic E-state index is -0.552. The highest BCUT2D eigenvalue weighted by molar-refractivity contribution is 6.09. The van der Waals surface area contributed by atoms with Gasteiger partial charge in [0.2, 0.25) is 0 Å². The van der Waals surface area contributed by atoms with Crippen molar-refractivity contribution in [3.05, 3.63) is 348 Å². The summed E-state index contributed by atoms with van der Waals surface area (Å²) in [6.07, 6.45) is 0. The molecule has 15 rings (SSSR count). The van der Waals surface area contributed by atoms with Crippen LogP contribution in [0.4, 0.5) is 17.1 Å². The van der Waals surface area contributed by atoms with Crippen molar-refractivity contribution in [3.8, 4) is 39.1 Å². The molecule has 0 bridgehead atoms. The fraction of sp³-hybridized carbons (Fsp3) is 0.0270. The van der Waals surface area contributed by atoms with Gasteiger partial charge in [0.1, 0.15) is 0 Å². The van der Waals surface area contributed by atoms with Gasteiger partial charge in [0.15, 0.2) is 0 Å². The SMILES string of the molecule is c1ccc(C2(c3ccccc3)c3ccccc3-c3ccc(N(c4ccc(-c5cccc6c5-c5ccccc5C6(c5ccccc5)c5ccccc5)cc4)c4cccc(-n5c6ccccc6c6ccccc65)c4)cc32)cc1. The van der Waals surface area contributed by atoms with Gasteiger partial charge in [0.05, 0.1) is 21.9 Å². The highest BCUT2D eigenvalue weighted by atomic mass is 15.1. The van der Waals surface area contributed by atoms with Crippen LogP contribution < -0.4 is 4.90 Å². The van der Waals surface area contributed by atoms with Crippen molar-refractivity contribution in [2.45, 2.75) is 10.8 Å². The van der Waals surface area contributed by atoms with Gasteiger partial charge in [0.25, 0.3) is 0 Å². The number of para-hydroxylation sites is 2. The molecule has 0 saturated carbocycles. The zero-order chi connectivity index (χ0) is 50.2. The Morgan fingerprint density at radius 3 is 1.28 bits per heavy atom. The lowest BCUT2D eigenvalue weighted by Gasteiger charge is -2.35. The minimum absolute atomic E-state index is 0.482. The van der Waals surface area contributed by atoms with Crippen molar-refractivity contribution in [1.82, 2.24) is 4.57 Å². The smallest absolute Gasteiger partial charge is 0.0714 e. The van der Waals surface area contributed by atoms with Crippen LogP contribution in [0.1, 0.15) is 44.5 Å². The second kappa shape index (κ2) is 17.4. The van der Waals surface area contributed by atoms with Gasteiger partial charge in [-0.05, 0) is 132 Å². The van der Waals surface area contributed by atoms with Crippen molar-refractivity contribution >= 4 is 38.9 Å². The zero-order valence-corrected chi connectivity index (χ0v) is 41.8. The summed E-state index contributed by atoms with van der Waals surface area (Å²) in [5.74, 6) is 0. The lowest BCUT2D eigenvalue weighted by molar-refractivity contribution is 0.768. The van der Waals surface area contributed by atoms with Crippen molar-refractivity contribution in [2.75, 3.05) is 4.90 Å². The predicted octanol–water partition coefficient (Wildman–Crippen LogP) is 18.6. The van der Waals surface area contributed by atoms with Gasteiger partial charge in [-0.15, -0.1) is 0 Å². The first kappa shape index (κ1) is 43.8. The van der Waals surface area contributed by atoms with Crippen molar-refractivity contribution < 1.29 is 0 Å². The minimum Gasteiger partial charge on any atom is -0.310 e. The summed E-state index contributed by atoms with van der Waals surface area (Å²) in [5, 5.41) is 2.49. The monoisotopic (exact) mass is 966 g/mol. The number of anilines is 3. The van der Waals surface area contributed by atoms with Gasteiger partial charge in [-0.2, -0.15) is 0 Å². The van der Waals surface area contributed by atoms with E-state index in [0.29, 0.717) is 0 Å². The summed E-state index contributed by atoms with van der Waals surface area (Å²) < 4.78 is 2.42. The van der Waals surface area contributed by atoms with Crippen LogP contribution in [0, 0.1) is 0 Å². The summed E-state index contributed by atoms with van der Waals surface area (Å²) in [5.41, 5.74) is 23.3. The Hall–Kier alpha value is -9.76. The van der Waals surface area contributed by atoms with E-state index < -0.39 is 10.8 Å². The van der Waals surface area contributed by atoms with Crippen LogP contribution in [0.3, 0.4) is 0 Å². The molecule has 0 N–H and O–H groups in total. The van der Waals surface area contributed by atoms with E-state index in [-0.39, 0.29) is 0 Å². The van der Waals surface area contributed by atoms with E-state index in [1.165, 1.54) is 99.7 Å². The van der Waals surface area contributed by atoms with Gasteiger partial charge in [-0.25, -0.2) is 0 Å². The summed E-state index contributed by atoms with van der Waals surface area (Å²) in [4.78, 5) is 2.46. The molecule has 0 amide bonds. The Bertz CT molecular complexity index is 4190. The third kappa shape index (κ3) is 6.34. The lowest BCUT2D eigenvalue weighted by Crippen LogP contribution is -2.28. The molecule has 2 aliphatic carbocycles. The summed E-state index contributed by atoms with van der Waals surface area (Å²) in [6, 6.07) is 112. The molecule has 12 aromatic carbocycles. The molecular formula is C74H50N2. The fourth-order valence-corrected chi connectivity index (χ4v) is 13.5. The van der Waals surface area contributed by atoms with Gasteiger partial charge in [-0.1, -0.05) is 249 Å². The van der Waals surface area contributed by atoms with Crippen molar-refractivity contribution in [1.29, 1.82) is 0 Å².